The van der Waals surface area contributed by atoms with Gasteiger partial charge in [-0.25, -0.2) is 0 Å². The van der Waals surface area contributed by atoms with Gasteiger partial charge in [-0.05, 0) is 12.1 Å². The van der Waals surface area contributed by atoms with Crippen LogP contribution in [-0.4, -0.2) is 20.2 Å². The fourth-order valence-electron chi connectivity index (χ4n) is 1.23. The van der Waals surface area contributed by atoms with Crippen LogP contribution in [0.15, 0.2) is 18.2 Å². The van der Waals surface area contributed by atoms with Gasteiger partial charge in [-0.1, -0.05) is 0 Å². The molecule has 0 saturated carbocycles. The molecule has 0 aliphatic rings. The van der Waals surface area contributed by atoms with E-state index in [0.29, 0.717) is 18.1 Å². The molecule has 0 spiro atoms. The third kappa shape index (κ3) is 3.25. The summed E-state index contributed by atoms with van der Waals surface area (Å²) in [5, 5.41) is 0. The SMILES string of the molecule is COCc1ccc(OC(C)=O)cc1OC. The van der Waals surface area contributed by atoms with E-state index in [0.717, 1.165) is 5.56 Å². The van der Waals surface area contributed by atoms with Gasteiger partial charge in [-0.2, -0.15) is 0 Å². The fraction of sp³-hybridized carbons (Fsp3) is 0.364. The van der Waals surface area contributed by atoms with E-state index in [2.05, 4.69) is 0 Å². The highest BCUT2D eigenvalue weighted by Gasteiger charge is 2.06. The van der Waals surface area contributed by atoms with Gasteiger partial charge in [0, 0.05) is 25.7 Å². The number of hydrogen-bond donors (Lipinski definition) is 0. The van der Waals surface area contributed by atoms with E-state index in [1.165, 1.54) is 6.92 Å². The molecule has 0 aliphatic carbocycles. The summed E-state index contributed by atoms with van der Waals surface area (Å²) in [6, 6.07) is 5.18. The van der Waals surface area contributed by atoms with Gasteiger partial charge in [0.2, 0.25) is 0 Å². The monoisotopic (exact) mass is 210 g/mol. The maximum absolute atomic E-state index is 10.7. The molecule has 4 nitrogen and oxygen atoms in total. The number of methoxy groups -OCH3 is 2. The number of carbonyl (C=O) groups excluding carboxylic acids is 1. The maximum Gasteiger partial charge on any atom is 0.308 e. The van der Waals surface area contributed by atoms with Crippen molar-refractivity contribution in [2.24, 2.45) is 0 Å². The average molecular weight is 210 g/mol. The quantitative estimate of drug-likeness (QED) is 0.561. The van der Waals surface area contributed by atoms with Crippen LogP contribution in [0.2, 0.25) is 0 Å². The van der Waals surface area contributed by atoms with Crippen molar-refractivity contribution >= 4 is 5.97 Å². The highest BCUT2D eigenvalue weighted by molar-refractivity contribution is 5.69. The number of hydrogen-bond acceptors (Lipinski definition) is 4. The third-order valence-electron chi connectivity index (χ3n) is 1.82. The van der Waals surface area contributed by atoms with Crippen molar-refractivity contribution in [3.05, 3.63) is 23.8 Å². The Morgan fingerprint density at radius 2 is 2.07 bits per heavy atom. The zero-order chi connectivity index (χ0) is 11.3. The number of benzene rings is 1. The second-order valence-corrected chi connectivity index (χ2v) is 3.00. The normalized spacial score (nSPS) is 9.80. The van der Waals surface area contributed by atoms with Crippen LogP contribution < -0.4 is 9.47 Å². The molecule has 0 amide bonds. The van der Waals surface area contributed by atoms with Gasteiger partial charge < -0.3 is 14.2 Å². The summed E-state index contributed by atoms with van der Waals surface area (Å²) >= 11 is 0. The minimum atomic E-state index is -0.350. The predicted molar refractivity (Wildman–Crippen MR) is 55.0 cm³/mol. The summed E-state index contributed by atoms with van der Waals surface area (Å²) in [5.41, 5.74) is 0.913. The van der Waals surface area contributed by atoms with Crippen LogP contribution in [0.3, 0.4) is 0 Å². The first-order chi connectivity index (χ1) is 7.17. The van der Waals surface area contributed by atoms with Crippen molar-refractivity contribution in [1.29, 1.82) is 0 Å². The van der Waals surface area contributed by atoms with Crippen molar-refractivity contribution < 1.29 is 19.0 Å². The summed E-state index contributed by atoms with van der Waals surface area (Å²) in [7, 11) is 3.17. The van der Waals surface area contributed by atoms with E-state index in [1.54, 1.807) is 32.4 Å². The molecule has 4 heteroatoms. The van der Waals surface area contributed by atoms with Crippen LogP contribution in [0.5, 0.6) is 11.5 Å². The molecule has 0 atom stereocenters. The summed E-state index contributed by atoms with van der Waals surface area (Å²) in [6.45, 7) is 1.82. The molecule has 0 radical (unpaired) electrons. The molecule has 1 aromatic rings. The predicted octanol–water partition coefficient (Wildman–Crippen LogP) is 1.77. The Kier molecular flexibility index (Phi) is 4.12. The molecule has 1 rings (SSSR count). The van der Waals surface area contributed by atoms with E-state index in [9.17, 15) is 4.79 Å². The molecule has 1 aromatic carbocycles. The van der Waals surface area contributed by atoms with Gasteiger partial charge in [-0.3, -0.25) is 4.79 Å². The Balaban J connectivity index is 2.91. The van der Waals surface area contributed by atoms with E-state index in [1.807, 2.05) is 0 Å². The average Bonchev–Trinajstić information content (AvgIpc) is 2.20. The molecule has 0 N–H and O–H groups in total. The smallest absolute Gasteiger partial charge is 0.308 e. The summed E-state index contributed by atoms with van der Waals surface area (Å²) in [4.78, 5) is 10.7. The molecule has 15 heavy (non-hydrogen) atoms. The van der Waals surface area contributed by atoms with Crippen LogP contribution in [0, 0.1) is 0 Å². The number of carbonyl (C=O) groups is 1. The number of rotatable bonds is 4. The minimum Gasteiger partial charge on any atom is -0.496 e. The first-order valence-electron chi connectivity index (χ1n) is 4.51. The van der Waals surface area contributed by atoms with Crippen molar-refractivity contribution in [2.75, 3.05) is 14.2 Å². The van der Waals surface area contributed by atoms with Crippen LogP contribution in [0.1, 0.15) is 12.5 Å². The Labute approximate surface area is 88.8 Å². The molecular weight excluding hydrogens is 196 g/mol. The lowest BCUT2D eigenvalue weighted by atomic mass is 10.2. The Morgan fingerprint density at radius 3 is 2.60 bits per heavy atom. The van der Waals surface area contributed by atoms with Crippen molar-refractivity contribution in [1.82, 2.24) is 0 Å². The van der Waals surface area contributed by atoms with E-state index < -0.39 is 0 Å². The van der Waals surface area contributed by atoms with E-state index in [-0.39, 0.29) is 5.97 Å². The lowest BCUT2D eigenvalue weighted by Crippen LogP contribution is -2.02. The van der Waals surface area contributed by atoms with Crippen LogP contribution in [-0.2, 0) is 16.1 Å². The van der Waals surface area contributed by atoms with Crippen molar-refractivity contribution in [2.45, 2.75) is 13.5 Å². The molecule has 0 aromatic heterocycles. The van der Waals surface area contributed by atoms with E-state index >= 15 is 0 Å². The first-order valence-corrected chi connectivity index (χ1v) is 4.51. The zero-order valence-corrected chi connectivity index (χ0v) is 9.07. The van der Waals surface area contributed by atoms with Crippen molar-refractivity contribution in [3.63, 3.8) is 0 Å². The maximum atomic E-state index is 10.7. The standard InChI is InChI=1S/C11H14O4/c1-8(12)15-10-5-4-9(7-13-2)11(6-10)14-3/h4-6H,7H2,1-3H3. The summed E-state index contributed by atoms with van der Waals surface area (Å²) in [5.74, 6) is 0.770. The van der Waals surface area contributed by atoms with Gasteiger partial charge in [0.25, 0.3) is 0 Å². The molecule has 0 heterocycles. The second-order valence-electron chi connectivity index (χ2n) is 3.00. The zero-order valence-electron chi connectivity index (χ0n) is 9.07. The summed E-state index contributed by atoms with van der Waals surface area (Å²) in [6.07, 6.45) is 0. The molecular formula is C11H14O4. The van der Waals surface area contributed by atoms with E-state index in [4.69, 9.17) is 14.2 Å². The van der Waals surface area contributed by atoms with Gasteiger partial charge in [0.1, 0.15) is 11.5 Å². The lowest BCUT2D eigenvalue weighted by molar-refractivity contribution is -0.131. The van der Waals surface area contributed by atoms with Gasteiger partial charge >= 0.3 is 5.97 Å². The lowest BCUT2D eigenvalue weighted by Gasteiger charge is -2.09. The molecule has 0 aliphatic heterocycles. The minimum absolute atomic E-state index is 0.350. The van der Waals surface area contributed by atoms with Gasteiger partial charge in [0.05, 0.1) is 13.7 Å². The van der Waals surface area contributed by atoms with Crippen LogP contribution in [0.4, 0.5) is 0 Å². The highest BCUT2D eigenvalue weighted by atomic mass is 16.5. The van der Waals surface area contributed by atoms with Gasteiger partial charge in [0.15, 0.2) is 0 Å². The van der Waals surface area contributed by atoms with Crippen LogP contribution >= 0.6 is 0 Å². The molecule has 0 bridgehead atoms. The number of ether oxygens (including phenoxy) is 3. The van der Waals surface area contributed by atoms with Gasteiger partial charge in [-0.15, -0.1) is 0 Å². The highest BCUT2D eigenvalue weighted by Crippen LogP contribution is 2.25. The first kappa shape index (κ1) is 11.5. The molecule has 82 valence electrons. The van der Waals surface area contributed by atoms with Crippen molar-refractivity contribution in [3.8, 4) is 11.5 Å². The number of esters is 1. The molecule has 0 saturated heterocycles. The second kappa shape index (κ2) is 5.36. The molecule has 0 unspecified atom stereocenters. The topological polar surface area (TPSA) is 44.8 Å². The Morgan fingerprint density at radius 1 is 1.33 bits per heavy atom. The Hall–Kier alpha value is -1.55. The molecule has 0 fully saturated rings. The largest absolute Gasteiger partial charge is 0.496 e. The van der Waals surface area contributed by atoms with Crippen LogP contribution in [0.25, 0.3) is 0 Å². The summed E-state index contributed by atoms with van der Waals surface area (Å²) < 4.78 is 15.1. The fourth-order valence-corrected chi connectivity index (χ4v) is 1.23. The third-order valence-corrected chi connectivity index (χ3v) is 1.82. The Bertz CT molecular complexity index is 346.